The monoisotopic (exact) mass is 506 g/mol. The minimum atomic E-state index is -0.709. The molecule has 0 radical (unpaired) electrons. The minimum Gasteiger partial charge on any atom is -0.383 e. The van der Waals surface area contributed by atoms with Crippen LogP contribution in [0.5, 0.6) is 0 Å². The summed E-state index contributed by atoms with van der Waals surface area (Å²) in [5, 5.41) is 3.77. The quantitative estimate of drug-likeness (QED) is 0.291. The van der Waals surface area contributed by atoms with Gasteiger partial charge in [0.15, 0.2) is 0 Å². The second-order valence-corrected chi connectivity index (χ2v) is 8.21. The fourth-order valence-corrected chi connectivity index (χ4v) is 3.97. The first-order chi connectivity index (χ1) is 17.3. The van der Waals surface area contributed by atoms with Gasteiger partial charge >= 0.3 is 0 Å². The summed E-state index contributed by atoms with van der Waals surface area (Å²) in [6.45, 7) is 3.14. The molecule has 5 N–H and O–H groups in total. The number of carbonyl (C=O) groups is 2. The van der Waals surface area contributed by atoms with Gasteiger partial charge in [0.2, 0.25) is 5.91 Å². The predicted octanol–water partition coefficient (Wildman–Crippen LogP) is 2.76. The highest BCUT2D eigenvalue weighted by Gasteiger charge is 2.25. The van der Waals surface area contributed by atoms with E-state index in [9.17, 15) is 14.4 Å². The first kappa shape index (κ1) is 24.6. The Morgan fingerprint density at radius 1 is 1.08 bits per heavy atom. The molecule has 0 saturated carbocycles. The van der Waals surface area contributed by atoms with Crippen molar-refractivity contribution < 1.29 is 9.59 Å². The van der Waals surface area contributed by atoms with Crippen molar-refractivity contribution in [2.75, 3.05) is 11.1 Å². The zero-order chi connectivity index (χ0) is 25.8. The number of nitrogens with zero attached hydrogens (tertiary/aromatic N) is 4. The Kier molecular flexibility index (Phi) is 7.11. The van der Waals surface area contributed by atoms with Crippen LogP contribution in [0.25, 0.3) is 16.6 Å². The van der Waals surface area contributed by atoms with Crippen molar-refractivity contribution in [1.29, 1.82) is 0 Å². The molecule has 0 spiro atoms. The molecule has 184 valence electrons. The number of aromatic nitrogens is 4. The lowest BCUT2D eigenvalue weighted by Gasteiger charge is -2.23. The van der Waals surface area contributed by atoms with E-state index in [-0.39, 0.29) is 22.8 Å². The zero-order valence-electron chi connectivity index (χ0n) is 19.4. The highest BCUT2D eigenvalue weighted by Crippen LogP contribution is 2.28. The average Bonchev–Trinajstić information content (AvgIpc) is 2.86. The number of nitrogens with one attached hydrogen (secondary N) is 3. The third kappa shape index (κ3) is 4.82. The first-order valence-electron chi connectivity index (χ1n) is 11.0. The van der Waals surface area contributed by atoms with Crippen molar-refractivity contribution in [2.45, 2.75) is 26.3 Å². The van der Waals surface area contributed by atoms with Gasteiger partial charge in [0, 0.05) is 6.92 Å². The number of nitrogen functional groups attached to an aromatic ring is 1. The second-order valence-electron chi connectivity index (χ2n) is 7.80. The van der Waals surface area contributed by atoms with Crippen LogP contribution in [-0.4, -0.2) is 31.3 Å². The minimum absolute atomic E-state index is 0.0675. The van der Waals surface area contributed by atoms with Gasteiger partial charge in [-0.3, -0.25) is 29.8 Å². The van der Waals surface area contributed by atoms with Crippen molar-refractivity contribution in [3.8, 4) is 5.69 Å². The normalized spacial score (nSPS) is 11.6. The lowest BCUT2D eigenvalue weighted by Crippen LogP contribution is -2.41. The molecule has 0 saturated heterocycles. The fourth-order valence-electron chi connectivity index (χ4n) is 3.72. The SMILES string of the molecule is CCC(Nc1ncnc(N)c1C(=O)NNC(C)=O)c1nc2cccc(Cl)c2c(=O)n1-c1ccccc1. The molecule has 0 aliphatic carbocycles. The number of anilines is 2. The second kappa shape index (κ2) is 10.4. The van der Waals surface area contributed by atoms with Crippen LogP contribution in [0.4, 0.5) is 11.6 Å². The largest absolute Gasteiger partial charge is 0.383 e. The van der Waals surface area contributed by atoms with Crippen LogP contribution in [-0.2, 0) is 4.79 Å². The number of benzene rings is 2. The van der Waals surface area contributed by atoms with Gasteiger partial charge in [-0.05, 0) is 30.7 Å². The Bertz CT molecular complexity index is 1510. The molecule has 1 atom stereocenters. The molecular formula is C24H23ClN8O3. The number of nitrogens with two attached hydrogens (primary N) is 1. The van der Waals surface area contributed by atoms with Crippen LogP contribution >= 0.6 is 11.6 Å². The van der Waals surface area contributed by atoms with Crippen molar-refractivity contribution >= 4 is 46.0 Å². The number of carbonyl (C=O) groups excluding carboxylic acids is 2. The van der Waals surface area contributed by atoms with Crippen LogP contribution in [0.15, 0.2) is 59.7 Å². The lowest BCUT2D eigenvalue weighted by molar-refractivity contribution is -0.119. The van der Waals surface area contributed by atoms with E-state index in [0.717, 1.165) is 0 Å². The summed E-state index contributed by atoms with van der Waals surface area (Å²) >= 11 is 6.37. The maximum absolute atomic E-state index is 13.7. The zero-order valence-corrected chi connectivity index (χ0v) is 20.2. The molecule has 2 aromatic carbocycles. The number of hydrazine groups is 1. The molecule has 11 nitrogen and oxygen atoms in total. The van der Waals surface area contributed by atoms with Gasteiger partial charge in [0.25, 0.3) is 11.5 Å². The molecule has 0 aliphatic heterocycles. The van der Waals surface area contributed by atoms with Crippen LogP contribution in [0.3, 0.4) is 0 Å². The van der Waals surface area contributed by atoms with Crippen molar-refractivity contribution in [1.82, 2.24) is 30.4 Å². The summed E-state index contributed by atoms with van der Waals surface area (Å²) in [4.78, 5) is 50.5. The number of para-hydroxylation sites is 1. The van der Waals surface area contributed by atoms with E-state index in [1.807, 2.05) is 25.1 Å². The van der Waals surface area contributed by atoms with E-state index in [2.05, 4.69) is 26.1 Å². The molecule has 4 rings (SSSR count). The third-order valence-corrected chi connectivity index (χ3v) is 5.69. The standard InChI is InChI=1S/C24H23ClN8O3/c1-3-16(29-21-19(20(26)27-12-28-21)23(35)32-31-13(2)34)22-30-17-11-7-10-15(25)18(17)24(36)33(22)14-8-5-4-6-9-14/h4-12,16H,3H2,1-2H3,(H,31,34)(H,32,35)(H3,26,27,28,29). The highest BCUT2D eigenvalue weighted by molar-refractivity contribution is 6.35. The summed E-state index contributed by atoms with van der Waals surface area (Å²) < 4.78 is 1.48. The van der Waals surface area contributed by atoms with Gasteiger partial charge in [0.1, 0.15) is 29.4 Å². The number of amides is 2. The van der Waals surface area contributed by atoms with Gasteiger partial charge in [-0.25, -0.2) is 15.0 Å². The molecular weight excluding hydrogens is 484 g/mol. The van der Waals surface area contributed by atoms with E-state index in [0.29, 0.717) is 33.9 Å². The Labute approximate surface area is 210 Å². The summed E-state index contributed by atoms with van der Waals surface area (Å²) in [6.07, 6.45) is 1.67. The molecule has 0 fully saturated rings. The molecule has 2 heterocycles. The predicted molar refractivity (Wildman–Crippen MR) is 137 cm³/mol. The molecule has 36 heavy (non-hydrogen) atoms. The first-order valence-corrected chi connectivity index (χ1v) is 11.4. The molecule has 1 unspecified atom stereocenters. The molecule has 0 bridgehead atoms. The molecule has 4 aromatic rings. The van der Waals surface area contributed by atoms with E-state index >= 15 is 0 Å². The highest BCUT2D eigenvalue weighted by atomic mass is 35.5. The van der Waals surface area contributed by atoms with Gasteiger partial charge < -0.3 is 11.1 Å². The van der Waals surface area contributed by atoms with Crippen molar-refractivity contribution in [3.63, 3.8) is 0 Å². The number of hydrogen-bond acceptors (Lipinski definition) is 8. The maximum atomic E-state index is 13.7. The molecule has 2 aromatic heterocycles. The van der Waals surface area contributed by atoms with Gasteiger partial charge in [-0.15, -0.1) is 0 Å². The summed E-state index contributed by atoms with van der Waals surface area (Å²) in [5.41, 5.74) is 11.1. The Balaban J connectivity index is 1.87. The van der Waals surface area contributed by atoms with Gasteiger partial charge in [-0.1, -0.05) is 42.8 Å². The van der Waals surface area contributed by atoms with Gasteiger partial charge in [0.05, 0.1) is 27.7 Å². The van der Waals surface area contributed by atoms with E-state index in [1.165, 1.54) is 17.8 Å². The van der Waals surface area contributed by atoms with Crippen molar-refractivity contribution in [2.24, 2.45) is 0 Å². The smallest absolute Gasteiger partial charge is 0.277 e. The average molecular weight is 507 g/mol. The van der Waals surface area contributed by atoms with Crippen molar-refractivity contribution in [3.05, 3.63) is 81.6 Å². The van der Waals surface area contributed by atoms with Gasteiger partial charge in [-0.2, -0.15) is 0 Å². The van der Waals surface area contributed by atoms with Crippen LogP contribution in [0, 0.1) is 0 Å². The van der Waals surface area contributed by atoms with E-state index in [4.69, 9.17) is 22.3 Å². The number of rotatable bonds is 6. The number of hydrogen-bond donors (Lipinski definition) is 4. The van der Waals surface area contributed by atoms with Crippen LogP contribution < -0.4 is 27.5 Å². The molecule has 0 aliphatic rings. The third-order valence-electron chi connectivity index (χ3n) is 5.37. The Morgan fingerprint density at radius 3 is 2.53 bits per heavy atom. The summed E-state index contributed by atoms with van der Waals surface area (Å²) in [5.74, 6) is -0.778. The molecule has 2 amide bonds. The Morgan fingerprint density at radius 2 is 1.83 bits per heavy atom. The maximum Gasteiger partial charge on any atom is 0.277 e. The topological polar surface area (TPSA) is 157 Å². The number of halogens is 1. The van der Waals surface area contributed by atoms with E-state index in [1.54, 1.807) is 30.3 Å². The van der Waals surface area contributed by atoms with Crippen LogP contribution in [0.1, 0.15) is 42.5 Å². The summed E-state index contributed by atoms with van der Waals surface area (Å²) in [7, 11) is 0. The van der Waals surface area contributed by atoms with Crippen LogP contribution in [0.2, 0.25) is 5.02 Å². The fraction of sp³-hybridized carbons (Fsp3) is 0.167. The Hall–Kier alpha value is -4.51. The molecule has 12 heteroatoms. The lowest BCUT2D eigenvalue weighted by atomic mass is 10.1. The number of fused-ring (bicyclic) bond motifs is 1. The summed E-state index contributed by atoms with van der Waals surface area (Å²) in [6, 6.07) is 13.5. The van der Waals surface area contributed by atoms with E-state index < -0.39 is 17.9 Å².